The van der Waals surface area contributed by atoms with Gasteiger partial charge in [0, 0.05) is 11.6 Å². The van der Waals surface area contributed by atoms with E-state index in [2.05, 4.69) is 9.59 Å². The predicted molar refractivity (Wildman–Crippen MR) is 51.1 cm³/mol. The molecule has 4 heteroatoms. The molecule has 0 aliphatic heterocycles. The lowest BCUT2D eigenvalue weighted by Gasteiger charge is -1.99. The van der Waals surface area contributed by atoms with Crippen molar-refractivity contribution in [2.45, 2.75) is 13.8 Å². The number of nitrogens with zero attached hydrogens (tertiary/aromatic N) is 1. The van der Waals surface area contributed by atoms with Gasteiger partial charge in [0.1, 0.15) is 0 Å². The summed E-state index contributed by atoms with van der Waals surface area (Å²) in [6, 6.07) is 0. The summed E-state index contributed by atoms with van der Waals surface area (Å²) in [5.41, 5.74) is 1.25. The average molecular weight is 182 g/mol. The predicted octanol–water partition coefficient (Wildman–Crippen LogP) is 0.956. The first-order chi connectivity index (χ1) is 6.13. The maximum Gasteiger partial charge on any atom is 0.361 e. The third kappa shape index (κ3) is 4.03. The molecule has 4 nitrogen and oxygen atoms in total. The Balaban J connectivity index is 4.61. The van der Waals surface area contributed by atoms with Gasteiger partial charge in [-0.3, -0.25) is 0 Å². The molecule has 0 N–H and O–H groups in total. The van der Waals surface area contributed by atoms with E-state index in [4.69, 9.17) is 0 Å². The van der Waals surface area contributed by atoms with E-state index in [0.717, 1.165) is 11.8 Å². The van der Waals surface area contributed by atoms with Gasteiger partial charge in [-0.1, -0.05) is 6.08 Å². The fourth-order valence-electron chi connectivity index (χ4n) is 0.662. The van der Waals surface area contributed by atoms with Gasteiger partial charge in [-0.25, -0.2) is 4.79 Å². The lowest BCUT2D eigenvalue weighted by Crippen LogP contribution is -2.03. The zero-order valence-electron chi connectivity index (χ0n) is 7.90. The van der Waals surface area contributed by atoms with Crippen LogP contribution in [-0.2, 0) is 9.53 Å². The second-order valence-corrected chi connectivity index (χ2v) is 2.41. The second-order valence-electron chi connectivity index (χ2n) is 2.41. The average Bonchev–Trinajstić information content (AvgIpc) is 2.15. The number of hydrogen-bond acceptors (Lipinski definition) is 3. The normalized spacial score (nSPS) is 11.9. The number of carbonyl (C=O) groups excluding carboxylic acids is 1. The number of esters is 1. The molecule has 0 radical (unpaired) electrons. The van der Waals surface area contributed by atoms with E-state index in [9.17, 15) is 9.70 Å². The van der Waals surface area contributed by atoms with Crippen LogP contribution in [0, 0.1) is 4.91 Å². The Morgan fingerprint density at radius 2 is 2.00 bits per heavy atom. The van der Waals surface area contributed by atoms with Crippen molar-refractivity contribution in [1.82, 2.24) is 4.85 Å². The molecular weight excluding hydrogens is 170 g/mol. The molecule has 0 saturated carbocycles. The minimum atomic E-state index is -0.374. The van der Waals surface area contributed by atoms with Crippen LogP contribution >= 0.6 is 0 Å². The third-order valence-corrected chi connectivity index (χ3v) is 1.58. The maximum atomic E-state index is 11.0. The van der Waals surface area contributed by atoms with Gasteiger partial charge in [0.2, 0.25) is 4.85 Å². The molecular formula is C9H12NO3+. The van der Waals surface area contributed by atoms with Crippen LogP contribution in [-0.4, -0.2) is 19.3 Å². The summed E-state index contributed by atoms with van der Waals surface area (Å²) < 4.78 is 4.51. The van der Waals surface area contributed by atoms with Crippen LogP contribution in [0.3, 0.4) is 0 Å². The van der Waals surface area contributed by atoms with Crippen molar-refractivity contribution >= 4 is 12.2 Å². The van der Waals surface area contributed by atoms with Gasteiger partial charge in [0.05, 0.1) is 7.11 Å². The van der Waals surface area contributed by atoms with Crippen LogP contribution in [0.25, 0.3) is 0 Å². The molecule has 0 fully saturated rings. The Morgan fingerprint density at radius 1 is 1.38 bits per heavy atom. The van der Waals surface area contributed by atoms with Crippen LogP contribution in [0.1, 0.15) is 13.8 Å². The van der Waals surface area contributed by atoms with Crippen LogP contribution in [0.4, 0.5) is 0 Å². The highest BCUT2D eigenvalue weighted by atomic mass is 16.5. The third-order valence-electron chi connectivity index (χ3n) is 1.58. The van der Waals surface area contributed by atoms with Crippen molar-refractivity contribution < 1.29 is 9.53 Å². The van der Waals surface area contributed by atoms with E-state index < -0.39 is 0 Å². The van der Waals surface area contributed by atoms with E-state index in [-0.39, 0.29) is 5.97 Å². The maximum absolute atomic E-state index is 11.0. The van der Waals surface area contributed by atoms with E-state index >= 15 is 0 Å². The first-order valence-corrected chi connectivity index (χ1v) is 3.71. The largest absolute Gasteiger partial charge is 0.466 e. The lowest BCUT2D eigenvalue weighted by atomic mass is 10.1. The summed E-state index contributed by atoms with van der Waals surface area (Å²) in [5.74, 6) is -0.374. The number of hydrogen-bond donors (Lipinski definition) is 0. The highest BCUT2D eigenvalue weighted by Crippen LogP contribution is 2.05. The van der Waals surface area contributed by atoms with Gasteiger partial charge in [-0.05, 0) is 19.4 Å². The SMILES string of the molecule is COC(=O)/C(C)=C(C)/C=C\C=[N+]=O. The van der Waals surface area contributed by atoms with E-state index in [1.54, 1.807) is 19.9 Å². The Kier molecular flexibility index (Phi) is 5.15. The van der Waals surface area contributed by atoms with Crippen molar-refractivity contribution in [3.63, 3.8) is 0 Å². The Morgan fingerprint density at radius 3 is 2.46 bits per heavy atom. The number of ether oxygens (including phenoxy) is 1. The molecule has 0 spiro atoms. The zero-order valence-corrected chi connectivity index (χ0v) is 7.90. The Labute approximate surface area is 76.6 Å². The Hall–Kier alpha value is -1.67. The van der Waals surface area contributed by atoms with E-state index in [1.807, 2.05) is 0 Å². The van der Waals surface area contributed by atoms with Crippen molar-refractivity contribution in [1.29, 1.82) is 0 Å². The summed E-state index contributed by atoms with van der Waals surface area (Å²) in [4.78, 5) is 23.2. The van der Waals surface area contributed by atoms with Gasteiger partial charge in [-0.15, -0.1) is 0 Å². The minimum Gasteiger partial charge on any atom is -0.466 e. The van der Waals surface area contributed by atoms with E-state index in [0.29, 0.717) is 5.57 Å². The van der Waals surface area contributed by atoms with Gasteiger partial charge < -0.3 is 4.74 Å². The standard InChI is InChI=1S/C9H12NO3/c1-7(5-4-6-10-12)8(2)9(11)13-3/h4-6H,1-3H3/q+1/b5-4-,8-7+. The molecule has 0 saturated heterocycles. The smallest absolute Gasteiger partial charge is 0.361 e. The topological polar surface area (TPSA) is 57.5 Å². The molecule has 13 heavy (non-hydrogen) atoms. The van der Waals surface area contributed by atoms with Gasteiger partial charge in [-0.2, -0.15) is 0 Å². The van der Waals surface area contributed by atoms with E-state index in [1.165, 1.54) is 13.2 Å². The number of nitroso groups, excluding NO2 is 1. The fourth-order valence-corrected chi connectivity index (χ4v) is 0.662. The van der Waals surface area contributed by atoms with Crippen molar-refractivity contribution in [3.05, 3.63) is 28.2 Å². The van der Waals surface area contributed by atoms with Crippen molar-refractivity contribution in [3.8, 4) is 0 Å². The molecule has 0 aromatic rings. The van der Waals surface area contributed by atoms with Gasteiger partial charge in [0.15, 0.2) is 4.91 Å². The molecule has 0 rings (SSSR count). The zero-order chi connectivity index (χ0) is 10.3. The summed E-state index contributed by atoms with van der Waals surface area (Å²) in [7, 11) is 1.32. The van der Waals surface area contributed by atoms with Crippen LogP contribution in [0.15, 0.2) is 23.3 Å². The monoisotopic (exact) mass is 182 g/mol. The van der Waals surface area contributed by atoms with Gasteiger partial charge in [0.25, 0.3) is 0 Å². The number of allylic oxidation sites excluding steroid dienone is 3. The van der Waals surface area contributed by atoms with Crippen LogP contribution < -0.4 is 4.85 Å². The minimum absolute atomic E-state index is 0.374. The summed E-state index contributed by atoms with van der Waals surface area (Å²) in [5, 5.41) is 0. The quantitative estimate of drug-likeness (QED) is 0.215. The first-order valence-electron chi connectivity index (χ1n) is 3.71. The molecule has 0 aromatic carbocycles. The molecule has 0 aliphatic carbocycles. The van der Waals surface area contributed by atoms with Gasteiger partial charge >= 0.3 is 12.2 Å². The summed E-state index contributed by atoms with van der Waals surface area (Å²) in [6.45, 7) is 3.40. The molecule has 0 aromatic heterocycles. The molecule has 0 aliphatic rings. The summed E-state index contributed by atoms with van der Waals surface area (Å²) >= 11 is 0. The molecule has 0 atom stereocenters. The molecule has 0 unspecified atom stereocenters. The lowest BCUT2D eigenvalue weighted by molar-refractivity contribution is -0.136. The number of methoxy groups -OCH3 is 1. The van der Waals surface area contributed by atoms with Crippen LogP contribution in [0.5, 0.6) is 0 Å². The molecule has 0 heterocycles. The summed E-state index contributed by atoms with van der Waals surface area (Å²) in [6.07, 6.45) is 4.19. The fraction of sp³-hybridized carbons (Fsp3) is 0.333. The van der Waals surface area contributed by atoms with Crippen molar-refractivity contribution in [2.24, 2.45) is 0 Å². The molecule has 70 valence electrons. The highest BCUT2D eigenvalue weighted by Gasteiger charge is 2.04. The first kappa shape index (κ1) is 11.3. The van der Waals surface area contributed by atoms with Crippen molar-refractivity contribution in [2.75, 3.05) is 7.11 Å². The Bertz CT molecular complexity index is 296. The number of rotatable bonds is 3. The molecule has 0 amide bonds. The highest BCUT2D eigenvalue weighted by molar-refractivity contribution is 5.89. The molecule has 0 bridgehead atoms. The second kappa shape index (κ2) is 5.91. The number of carbonyl (C=O) groups is 1. The van der Waals surface area contributed by atoms with Crippen LogP contribution in [0.2, 0.25) is 0 Å².